The first-order chi connectivity index (χ1) is 10.2. The minimum Gasteiger partial charge on any atom is -0.410 e. The Balaban J connectivity index is 1.54. The van der Waals surface area contributed by atoms with E-state index in [0.717, 1.165) is 25.7 Å². The van der Waals surface area contributed by atoms with Crippen LogP contribution >= 0.6 is 0 Å². The third kappa shape index (κ3) is 3.19. The molecule has 1 aliphatic heterocycles. The minimum absolute atomic E-state index is 0.180. The zero-order valence-corrected chi connectivity index (χ0v) is 12.3. The molecule has 1 saturated heterocycles. The average molecular weight is 291 g/mol. The standard InChI is InChI=1S/C16H21NO4/c1-17(15(18)21-14-5-3-2-4-6-14)13-7-9-16(10-8-13)19-11-12-20-16/h2-6,13H,7-12H2,1H3. The normalized spacial score (nSPS) is 21.4. The van der Waals surface area contributed by atoms with E-state index in [4.69, 9.17) is 14.2 Å². The van der Waals surface area contributed by atoms with E-state index >= 15 is 0 Å². The molecule has 3 rings (SSSR count). The molecule has 1 aromatic rings. The molecule has 0 aromatic heterocycles. The lowest BCUT2D eigenvalue weighted by atomic mass is 9.89. The van der Waals surface area contributed by atoms with E-state index < -0.39 is 0 Å². The van der Waals surface area contributed by atoms with Crippen LogP contribution in [-0.4, -0.2) is 43.1 Å². The number of carbonyl (C=O) groups is 1. The van der Waals surface area contributed by atoms with Crippen LogP contribution in [0.15, 0.2) is 30.3 Å². The summed E-state index contributed by atoms with van der Waals surface area (Å²) >= 11 is 0. The number of hydrogen-bond acceptors (Lipinski definition) is 4. The molecule has 2 aliphatic rings. The van der Waals surface area contributed by atoms with Crippen molar-refractivity contribution < 1.29 is 19.0 Å². The van der Waals surface area contributed by atoms with Crippen molar-refractivity contribution in [2.45, 2.75) is 37.5 Å². The molecule has 1 amide bonds. The summed E-state index contributed by atoms with van der Waals surface area (Å²) in [4.78, 5) is 13.9. The quantitative estimate of drug-likeness (QED) is 0.840. The summed E-state index contributed by atoms with van der Waals surface area (Å²) in [7, 11) is 1.80. The second-order valence-corrected chi connectivity index (χ2v) is 5.63. The van der Waals surface area contributed by atoms with Gasteiger partial charge in [-0.05, 0) is 25.0 Å². The molecule has 0 unspecified atom stereocenters. The van der Waals surface area contributed by atoms with Crippen LogP contribution in [0.2, 0.25) is 0 Å². The molecular weight excluding hydrogens is 270 g/mol. The van der Waals surface area contributed by atoms with Crippen LogP contribution in [0.4, 0.5) is 4.79 Å². The van der Waals surface area contributed by atoms with Crippen LogP contribution in [0.1, 0.15) is 25.7 Å². The number of carbonyl (C=O) groups excluding carboxylic acids is 1. The molecule has 0 radical (unpaired) electrons. The Hall–Kier alpha value is -1.59. The molecule has 114 valence electrons. The Morgan fingerprint density at radius 2 is 1.81 bits per heavy atom. The third-order valence-corrected chi connectivity index (χ3v) is 4.31. The number of nitrogens with zero attached hydrogens (tertiary/aromatic N) is 1. The Labute approximate surface area is 124 Å². The molecule has 1 aromatic carbocycles. The van der Waals surface area contributed by atoms with Gasteiger partial charge in [0, 0.05) is 25.9 Å². The first-order valence-corrected chi connectivity index (χ1v) is 7.46. The summed E-state index contributed by atoms with van der Waals surface area (Å²) in [5, 5.41) is 0. The molecule has 2 fully saturated rings. The fraction of sp³-hybridized carbons (Fsp3) is 0.562. The van der Waals surface area contributed by atoms with E-state index in [-0.39, 0.29) is 17.9 Å². The minimum atomic E-state index is -0.388. The maximum absolute atomic E-state index is 12.2. The SMILES string of the molecule is CN(C(=O)Oc1ccccc1)C1CCC2(CC1)OCCO2. The number of rotatable bonds is 2. The van der Waals surface area contributed by atoms with Crippen LogP contribution in [0.5, 0.6) is 5.75 Å². The number of para-hydroxylation sites is 1. The van der Waals surface area contributed by atoms with Crippen molar-refractivity contribution in [3.8, 4) is 5.75 Å². The third-order valence-electron chi connectivity index (χ3n) is 4.31. The largest absolute Gasteiger partial charge is 0.415 e. The average Bonchev–Trinajstić information content (AvgIpc) is 2.96. The molecule has 21 heavy (non-hydrogen) atoms. The molecule has 1 aliphatic carbocycles. The zero-order valence-electron chi connectivity index (χ0n) is 12.3. The van der Waals surface area contributed by atoms with Gasteiger partial charge in [0.25, 0.3) is 0 Å². The van der Waals surface area contributed by atoms with Crippen molar-refractivity contribution in [2.75, 3.05) is 20.3 Å². The fourth-order valence-electron chi connectivity index (χ4n) is 3.03. The molecular formula is C16H21NO4. The summed E-state index contributed by atoms with van der Waals surface area (Å²) < 4.78 is 16.8. The second kappa shape index (κ2) is 6.03. The lowest BCUT2D eigenvalue weighted by Crippen LogP contribution is -2.45. The number of ether oxygens (including phenoxy) is 3. The molecule has 1 saturated carbocycles. The number of hydrogen-bond donors (Lipinski definition) is 0. The molecule has 0 atom stereocenters. The maximum atomic E-state index is 12.2. The highest BCUT2D eigenvalue weighted by Gasteiger charge is 2.41. The molecule has 1 heterocycles. The van der Waals surface area contributed by atoms with Crippen LogP contribution in [0, 0.1) is 0 Å². The van der Waals surface area contributed by atoms with Crippen molar-refractivity contribution in [3.63, 3.8) is 0 Å². The fourth-order valence-corrected chi connectivity index (χ4v) is 3.03. The van der Waals surface area contributed by atoms with E-state index in [0.29, 0.717) is 19.0 Å². The van der Waals surface area contributed by atoms with Crippen LogP contribution in [0.3, 0.4) is 0 Å². The Morgan fingerprint density at radius 3 is 2.43 bits per heavy atom. The monoisotopic (exact) mass is 291 g/mol. The van der Waals surface area contributed by atoms with Gasteiger partial charge in [-0.3, -0.25) is 0 Å². The summed E-state index contributed by atoms with van der Waals surface area (Å²) in [6.07, 6.45) is 3.11. The van der Waals surface area contributed by atoms with Crippen LogP contribution in [-0.2, 0) is 9.47 Å². The van der Waals surface area contributed by atoms with Crippen molar-refractivity contribution in [1.82, 2.24) is 4.90 Å². The highest BCUT2D eigenvalue weighted by atomic mass is 16.7. The maximum Gasteiger partial charge on any atom is 0.415 e. The summed E-state index contributed by atoms with van der Waals surface area (Å²) in [5.74, 6) is 0.185. The Bertz CT molecular complexity index is 474. The zero-order chi connectivity index (χ0) is 14.7. The number of amides is 1. The first-order valence-electron chi connectivity index (χ1n) is 7.46. The Kier molecular flexibility index (Phi) is 4.12. The van der Waals surface area contributed by atoms with E-state index in [9.17, 15) is 4.79 Å². The van der Waals surface area contributed by atoms with Gasteiger partial charge >= 0.3 is 6.09 Å². The predicted molar refractivity (Wildman–Crippen MR) is 77.1 cm³/mol. The highest BCUT2D eigenvalue weighted by Crippen LogP contribution is 2.37. The molecule has 0 bridgehead atoms. The van der Waals surface area contributed by atoms with Gasteiger partial charge in [0.15, 0.2) is 5.79 Å². The number of benzene rings is 1. The van der Waals surface area contributed by atoms with Crippen molar-refractivity contribution in [1.29, 1.82) is 0 Å². The van der Waals surface area contributed by atoms with Crippen LogP contribution in [0.25, 0.3) is 0 Å². The second-order valence-electron chi connectivity index (χ2n) is 5.63. The van der Waals surface area contributed by atoms with Crippen molar-refractivity contribution >= 4 is 6.09 Å². The predicted octanol–water partition coefficient (Wildman–Crippen LogP) is 2.80. The first kappa shape index (κ1) is 14.4. The van der Waals surface area contributed by atoms with Gasteiger partial charge in [-0.2, -0.15) is 0 Å². The van der Waals surface area contributed by atoms with E-state index in [1.165, 1.54) is 0 Å². The van der Waals surface area contributed by atoms with E-state index in [2.05, 4.69) is 0 Å². The smallest absolute Gasteiger partial charge is 0.410 e. The highest BCUT2D eigenvalue weighted by molar-refractivity contribution is 5.70. The molecule has 5 heteroatoms. The van der Waals surface area contributed by atoms with Gasteiger partial charge in [-0.15, -0.1) is 0 Å². The molecule has 0 N–H and O–H groups in total. The summed E-state index contributed by atoms with van der Waals surface area (Å²) in [6, 6.07) is 9.33. The molecule has 1 spiro atoms. The Morgan fingerprint density at radius 1 is 1.19 bits per heavy atom. The van der Waals surface area contributed by atoms with Gasteiger partial charge in [-0.1, -0.05) is 18.2 Å². The summed E-state index contributed by atoms with van der Waals surface area (Å²) in [5.41, 5.74) is 0. The van der Waals surface area contributed by atoms with E-state index in [1.807, 2.05) is 18.2 Å². The van der Waals surface area contributed by atoms with Crippen LogP contribution < -0.4 is 4.74 Å². The lowest BCUT2D eigenvalue weighted by Gasteiger charge is -2.38. The van der Waals surface area contributed by atoms with Gasteiger partial charge in [-0.25, -0.2) is 4.79 Å². The van der Waals surface area contributed by atoms with Gasteiger partial charge in [0.2, 0.25) is 0 Å². The van der Waals surface area contributed by atoms with Crippen molar-refractivity contribution in [3.05, 3.63) is 30.3 Å². The summed E-state index contributed by atoms with van der Waals surface area (Å²) in [6.45, 7) is 1.35. The van der Waals surface area contributed by atoms with Gasteiger partial charge in [0.05, 0.1) is 13.2 Å². The van der Waals surface area contributed by atoms with Gasteiger partial charge < -0.3 is 19.1 Å². The van der Waals surface area contributed by atoms with Gasteiger partial charge in [0.1, 0.15) is 5.75 Å². The topological polar surface area (TPSA) is 48.0 Å². The van der Waals surface area contributed by atoms with E-state index in [1.54, 1.807) is 24.1 Å². The van der Waals surface area contributed by atoms with Crippen molar-refractivity contribution in [2.24, 2.45) is 0 Å². The molecule has 5 nitrogen and oxygen atoms in total. The lowest BCUT2D eigenvalue weighted by molar-refractivity contribution is -0.182.